The lowest BCUT2D eigenvalue weighted by atomic mass is 9.95. The number of hydrogen-bond acceptors (Lipinski definition) is 9. The maximum atomic E-state index is 13.3. The number of esters is 2. The lowest BCUT2D eigenvalue weighted by Gasteiger charge is -2.27. The summed E-state index contributed by atoms with van der Waals surface area (Å²) in [5.74, 6) is 0.689. The number of hydrogen-bond donors (Lipinski definition) is 0. The van der Waals surface area contributed by atoms with Gasteiger partial charge < -0.3 is 14.2 Å². The van der Waals surface area contributed by atoms with Crippen molar-refractivity contribution >= 4 is 11.9 Å². The van der Waals surface area contributed by atoms with Gasteiger partial charge in [0.05, 0.1) is 24.3 Å². The van der Waals surface area contributed by atoms with Crippen molar-refractivity contribution in [3.8, 4) is 22.8 Å². The van der Waals surface area contributed by atoms with Crippen molar-refractivity contribution in [1.29, 1.82) is 0 Å². The number of unbranched alkanes of at least 4 members (excludes halogenated alkanes) is 22. The number of aryl methyl sites for hydroxylation is 2. The van der Waals surface area contributed by atoms with Gasteiger partial charge in [-0.1, -0.05) is 242 Å². The van der Waals surface area contributed by atoms with Gasteiger partial charge in [0.25, 0.3) is 0 Å². The van der Waals surface area contributed by atoms with Gasteiger partial charge >= 0.3 is 11.9 Å². The van der Waals surface area contributed by atoms with Crippen LogP contribution in [0, 0.1) is 0 Å². The van der Waals surface area contributed by atoms with Gasteiger partial charge in [-0.05, 0) is 96.2 Å². The van der Waals surface area contributed by atoms with Crippen LogP contribution in [0.5, 0.6) is 0 Å². The van der Waals surface area contributed by atoms with Crippen LogP contribution in [-0.4, -0.2) is 45.1 Å². The molecule has 9 nitrogen and oxygen atoms in total. The second kappa shape index (κ2) is 37.0. The number of carbonyl (C=O) groups is 2. The molecule has 2 aromatic heterocycles. The molecule has 0 aliphatic rings. The highest BCUT2D eigenvalue weighted by atomic mass is 16.5. The minimum absolute atomic E-state index is 0.328. The summed E-state index contributed by atoms with van der Waals surface area (Å²) < 4.78 is 18.9. The molecular weight excluding hydrogens is 977 g/mol. The molecule has 4 aromatic carbocycles. The number of aromatic nitrogens is 4. The smallest absolute Gasteiger partial charge is 0.338 e. The first kappa shape index (κ1) is 62.1. The highest BCUT2D eigenvalue weighted by molar-refractivity contribution is 5.90. The average Bonchev–Trinajstić information content (AvgIpc) is 3.50. The number of nitrogens with zero attached hydrogens (tertiary/aromatic N) is 4. The number of rotatable bonds is 40. The van der Waals surface area contributed by atoms with Crippen LogP contribution in [0.2, 0.25) is 0 Å². The van der Waals surface area contributed by atoms with Crippen molar-refractivity contribution in [2.24, 2.45) is 0 Å². The molecule has 424 valence electrons. The lowest BCUT2D eigenvalue weighted by Crippen LogP contribution is -2.14. The van der Waals surface area contributed by atoms with E-state index in [9.17, 15) is 9.59 Å². The maximum absolute atomic E-state index is 13.3. The van der Waals surface area contributed by atoms with E-state index >= 15 is 0 Å². The van der Waals surface area contributed by atoms with Gasteiger partial charge in [-0.3, -0.25) is 0 Å². The summed E-state index contributed by atoms with van der Waals surface area (Å²) in [5.41, 5.74) is 8.70. The molecule has 2 heterocycles. The second-order valence-electron chi connectivity index (χ2n) is 21.8. The van der Waals surface area contributed by atoms with Crippen LogP contribution in [0.4, 0.5) is 0 Å². The van der Waals surface area contributed by atoms with Crippen molar-refractivity contribution < 1.29 is 23.8 Å². The molecule has 0 radical (unpaired) electrons. The third kappa shape index (κ3) is 22.2. The standard InChI is InChI=1S/C70H94N4O5/c1-5-9-13-17-21-23-27-31-55-51-71-67(72-52-55)61-41-33-57(34-42-61)65(59-37-45-63(46-38-59)69(75)77-49-29-25-19-15-11-7-3)79-66(60-39-47-64(48-40-60)70(76)78-50-30-26-20-16-12-8-4)58-35-43-62(44-36-58)68-73-53-56(54-74-68)32-28-24-22-18-14-10-6-2/h33-48,51-54,65-66H,5-32,49-50H2,1-4H3. The fourth-order valence-electron chi connectivity index (χ4n) is 10.1. The Morgan fingerprint density at radius 2 is 0.608 bits per heavy atom. The van der Waals surface area contributed by atoms with Crippen LogP contribution < -0.4 is 0 Å². The zero-order chi connectivity index (χ0) is 55.5. The highest BCUT2D eigenvalue weighted by Crippen LogP contribution is 2.38. The van der Waals surface area contributed by atoms with Crippen LogP contribution in [0.25, 0.3) is 22.8 Å². The Kier molecular flexibility index (Phi) is 29.1. The van der Waals surface area contributed by atoms with Crippen LogP contribution in [0.3, 0.4) is 0 Å². The molecule has 0 saturated heterocycles. The minimum Gasteiger partial charge on any atom is -0.462 e. The molecule has 0 aliphatic heterocycles. The van der Waals surface area contributed by atoms with Crippen LogP contribution >= 0.6 is 0 Å². The quantitative estimate of drug-likeness (QED) is 0.0274. The van der Waals surface area contributed by atoms with Gasteiger partial charge in [0, 0.05) is 35.9 Å². The van der Waals surface area contributed by atoms with E-state index in [2.05, 4.69) is 76.2 Å². The summed E-state index contributed by atoms with van der Waals surface area (Å²) in [6.45, 7) is 9.76. The van der Waals surface area contributed by atoms with Crippen LogP contribution in [-0.2, 0) is 27.1 Å². The molecule has 2 atom stereocenters. The maximum Gasteiger partial charge on any atom is 0.338 e. The predicted octanol–water partition coefficient (Wildman–Crippen LogP) is 19.1. The van der Waals surface area contributed by atoms with Crippen LogP contribution in [0.1, 0.15) is 261 Å². The van der Waals surface area contributed by atoms with Gasteiger partial charge in [-0.2, -0.15) is 0 Å². The molecule has 2 unspecified atom stereocenters. The summed E-state index contributed by atoms with van der Waals surface area (Å²) in [7, 11) is 0. The van der Waals surface area contributed by atoms with E-state index in [0.29, 0.717) is 36.0 Å². The van der Waals surface area contributed by atoms with Gasteiger partial charge in [-0.25, -0.2) is 29.5 Å². The molecule has 0 bridgehead atoms. The van der Waals surface area contributed by atoms with Crippen molar-refractivity contribution in [2.45, 2.75) is 220 Å². The Bertz CT molecular complexity index is 2380. The van der Waals surface area contributed by atoms with Gasteiger partial charge in [0.15, 0.2) is 11.6 Å². The van der Waals surface area contributed by atoms with Gasteiger partial charge in [0.1, 0.15) is 12.2 Å². The summed E-state index contributed by atoms with van der Waals surface area (Å²) >= 11 is 0. The number of benzene rings is 4. The Hall–Kier alpha value is -6.06. The Labute approximate surface area is 475 Å². The number of carbonyl (C=O) groups excluding carboxylic acids is 2. The summed E-state index contributed by atoms with van der Waals surface area (Å²) in [5, 5.41) is 0. The highest BCUT2D eigenvalue weighted by Gasteiger charge is 2.25. The summed E-state index contributed by atoms with van der Waals surface area (Å²) in [4.78, 5) is 45.8. The van der Waals surface area contributed by atoms with E-state index in [-0.39, 0.29) is 11.9 Å². The van der Waals surface area contributed by atoms with Gasteiger partial charge in [-0.15, -0.1) is 0 Å². The first-order valence-electron chi connectivity index (χ1n) is 30.9. The fraction of sp³-hybridized carbons (Fsp3) is 0.514. The SMILES string of the molecule is CCCCCCCCCc1cnc(-c2ccc(C(OC(c3ccc(C(=O)OCCCCCCCC)cc3)c3ccc(-c4ncc(CCCCCCCCC)cn4)cc3)c3ccc(C(=O)OCCCCCCCC)cc3)cc2)nc1. The minimum atomic E-state index is -0.577. The van der Waals surface area contributed by atoms with E-state index in [0.717, 1.165) is 109 Å². The molecule has 0 fully saturated rings. The summed E-state index contributed by atoms with van der Waals surface area (Å²) in [6, 6.07) is 31.7. The van der Waals surface area contributed by atoms with Gasteiger partial charge in [0.2, 0.25) is 0 Å². The van der Waals surface area contributed by atoms with E-state index < -0.39 is 12.2 Å². The molecule has 0 amide bonds. The Morgan fingerprint density at radius 1 is 0.342 bits per heavy atom. The van der Waals surface area contributed by atoms with E-state index in [4.69, 9.17) is 34.1 Å². The molecule has 6 aromatic rings. The normalized spacial score (nSPS) is 12.1. The number of ether oxygens (including phenoxy) is 3. The van der Waals surface area contributed by atoms with Crippen LogP contribution in [0.15, 0.2) is 122 Å². The molecule has 6 rings (SSSR count). The first-order valence-corrected chi connectivity index (χ1v) is 30.9. The largest absolute Gasteiger partial charge is 0.462 e. The Morgan fingerprint density at radius 3 is 0.911 bits per heavy atom. The first-order chi connectivity index (χ1) is 38.9. The van der Waals surface area contributed by atoms with Crippen molar-refractivity contribution in [1.82, 2.24) is 19.9 Å². The van der Waals surface area contributed by atoms with Crippen molar-refractivity contribution in [2.75, 3.05) is 13.2 Å². The molecule has 9 heteroatoms. The summed E-state index contributed by atoms with van der Waals surface area (Å²) in [6.07, 6.45) is 39.9. The zero-order valence-corrected chi connectivity index (χ0v) is 48.7. The average molecular weight is 1070 g/mol. The topological polar surface area (TPSA) is 113 Å². The van der Waals surface area contributed by atoms with Crippen molar-refractivity contribution in [3.63, 3.8) is 0 Å². The Balaban J connectivity index is 1.25. The second-order valence-corrected chi connectivity index (χ2v) is 21.8. The molecular formula is C70H94N4O5. The van der Waals surface area contributed by atoms with E-state index in [1.54, 1.807) is 0 Å². The third-order valence-corrected chi connectivity index (χ3v) is 15.1. The fourth-order valence-corrected chi connectivity index (χ4v) is 10.1. The van der Waals surface area contributed by atoms with Crippen molar-refractivity contribution in [3.05, 3.63) is 166 Å². The lowest BCUT2D eigenvalue weighted by molar-refractivity contribution is 0.0307. The zero-order valence-electron chi connectivity index (χ0n) is 48.7. The molecule has 0 N–H and O–H groups in total. The molecule has 0 spiro atoms. The monoisotopic (exact) mass is 1070 g/mol. The van der Waals surface area contributed by atoms with E-state index in [1.807, 2.05) is 73.3 Å². The van der Waals surface area contributed by atoms with E-state index in [1.165, 1.54) is 116 Å². The third-order valence-electron chi connectivity index (χ3n) is 15.1. The molecule has 79 heavy (non-hydrogen) atoms. The molecule has 0 aliphatic carbocycles. The predicted molar refractivity (Wildman–Crippen MR) is 323 cm³/mol. The molecule has 0 saturated carbocycles.